The van der Waals surface area contributed by atoms with Gasteiger partial charge in [0.2, 0.25) is 10.0 Å². The Balaban J connectivity index is 2.57. The highest BCUT2D eigenvalue weighted by molar-refractivity contribution is 7.89. The summed E-state index contributed by atoms with van der Waals surface area (Å²) in [7, 11) is -3.70. The quantitative estimate of drug-likeness (QED) is 0.683. The van der Waals surface area contributed by atoms with Crippen molar-refractivity contribution in [2.75, 3.05) is 5.75 Å². The van der Waals surface area contributed by atoms with Gasteiger partial charge < -0.3 is 10.1 Å². The van der Waals surface area contributed by atoms with Crippen molar-refractivity contribution in [3.8, 4) is 0 Å². The molecule has 9 heteroatoms. The van der Waals surface area contributed by atoms with E-state index in [1.807, 2.05) is 0 Å². The first kappa shape index (κ1) is 13.3. The third-order valence-corrected chi connectivity index (χ3v) is 3.39. The third-order valence-electron chi connectivity index (χ3n) is 2.64. The zero-order valence-electron chi connectivity index (χ0n) is 9.66. The molecule has 0 spiro atoms. The second-order valence-corrected chi connectivity index (χ2v) is 5.69. The highest BCUT2D eigenvalue weighted by Gasteiger charge is 2.15. The molecule has 0 aliphatic rings. The molecule has 2 aromatic rings. The molecule has 0 atom stereocenters. The van der Waals surface area contributed by atoms with Crippen LogP contribution in [0.4, 0.5) is 0 Å². The number of carboxylic acids is 1. The molecule has 1 aromatic carbocycles. The Labute approximate surface area is 107 Å². The van der Waals surface area contributed by atoms with E-state index >= 15 is 0 Å². The van der Waals surface area contributed by atoms with E-state index in [1.165, 1.54) is 18.2 Å². The number of hydrogen-bond acceptors (Lipinski definition) is 4. The molecule has 0 aliphatic carbocycles. The fraction of sp³-hybridized carbons (Fsp3) is 0.200. The summed E-state index contributed by atoms with van der Waals surface area (Å²) in [6.45, 7) is -0.138. The van der Waals surface area contributed by atoms with E-state index in [0.29, 0.717) is 5.52 Å². The van der Waals surface area contributed by atoms with Crippen molar-refractivity contribution >= 4 is 27.0 Å². The molecular formula is C10H11N3O5S. The first-order valence-corrected chi connectivity index (χ1v) is 6.96. The van der Waals surface area contributed by atoms with Gasteiger partial charge in [0, 0.05) is 6.54 Å². The maximum Gasteiger partial charge on any atom is 0.337 e. The lowest BCUT2D eigenvalue weighted by Gasteiger charge is -2.02. The van der Waals surface area contributed by atoms with Crippen LogP contribution in [0.1, 0.15) is 10.4 Å². The van der Waals surface area contributed by atoms with Gasteiger partial charge in [-0.25, -0.2) is 23.1 Å². The summed E-state index contributed by atoms with van der Waals surface area (Å²) in [5.41, 5.74) is -0.140. The SMILES string of the molecule is NS(=O)(=O)CCn1c(=O)[nH]c2c(C(=O)O)cccc21. The highest BCUT2D eigenvalue weighted by Crippen LogP contribution is 2.15. The van der Waals surface area contributed by atoms with Crippen LogP contribution < -0.4 is 10.8 Å². The fourth-order valence-corrected chi connectivity index (χ4v) is 2.24. The monoisotopic (exact) mass is 285 g/mol. The number of para-hydroxylation sites is 1. The smallest absolute Gasteiger partial charge is 0.337 e. The van der Waals surface area contributed by atoms with Gasteiger partial charge in [0.05, 0.1) is 22.3 Å². The van der Waals surface area contributed by atoms with E-state index in [-0.39, 0.29) is 17.6 Å². The standard InChI is InChI=1S/C10H11N3O5S/c11-19(17,18)5-4-13-7-3-1-2-6(9(14)15)8(7)12-10(13)16/h1-3H,4-5H2,(H,12,16)(H,14,15)(H2,11,17,18). The van der Waals surface area contributed by atoms with Crippen LogP contribution in [0.2, 0.25) is 0 Å². The van der Waals surface area contributed by atoms with Crippen LogP contribution in [0.15, 0.2) is 23.0 Å². The summed E-state index contributed by atoms with van der Waals surface area (Å²) in [6.07, 6.45) is 0. The Morgan fingerprint density at radius 2 is 2.11 bits per heavy atom. The van der Waals surface area contributed by atoms with E-state index in [1.54, 1.807) is 0 Å². The molecule has 0 amide bonds. The zero-order chi connectivity index (χ0) is 14.2. The average Bonchev–Trinajstić information content (AvgIpc) is 2.60. The number of primary sulfonamides is 1. The molecule has 0 radical (unpaired) electrons. The normalized spacial score (nSPS) is 11.8. The van der Waals surface area contributed by atoms with Gasteiger partial charge in [-0.3, -0.25) is 4.57 Å². The second kappa shape index (κ2) is 4.52. The third kappa shape index (κ3) is 2.66. The minimum atomic E-state index is -3.70. The summed E-state index contributed by atoms with van der Waals surface area (Å²) in [5, 5.41) is 13.9. The van der Waals surface area contributed by atoms with Crippen LogP contribution >= 0.6 is 0 Å². The largest absolute Gasteiger partial charge is 0.478 e. The number of hydrogen-bond donors (Lipinski definition) is 3. The van der Waals surface area contributed by atoms with Gasteiger partial charge in [0.25, 0.3) is 0 Å². The van der Waals surface area contributed by atoms with Gasteiger partial charge in [-0.2, -0.15) is 0 Å². The molecule has 1 heterocycles. The predicted molar refractivity (Wildman–Crippen MR) is 67.5 cm³/mol. The topological polar surface area (TPSA) is 135 Å². The van der Waals surface area contributed by atoms with Crippen LogP contribution in [0.25, 0.3) is 11.0 Å². The molecule has 1 aromatic heterocycles. The van der Waals surface area contributed by atoms with Crippen molar-refractivity contribution in [1.29, 1.82) is 0 Å². The molecule has 0 saturated heterocycles. The summed E-state index contributed by atoms with van der Waals surface area (Å²) in [5.74, 6) is -1.58. The van der Waals surface area contributed by atoms with Crippen LogP contribution in [0.3, 0.4) is 0 Å². The van der Waals surface area contributed by atoms with Gasteiger partial charge in [0.1, 0.15) is 0 Å². The summed E-state index contributed by atoms with van der Waals surface area (Å²) >= 11 is 0. The number of fused-ring (bicyclic) bond motifs is 1. The number of nitrogens with one attached hydrogen (secondary N) is 1. The maximum absolute atomic E-state index is 11.7. The summed E-state index contributed by atoms with van der Waals surface area (Å²) in [4.78, 5) is 25.1. The molecule has 0 bridgehead atoms. The lowest BCUT2D eigenvalue weighted by Crippen LogP contribution is -2.25. The van der Waals surface area contributed by atoms with Gasteiger partial charge in [-0.15, -0.1) is 0 Å². The molecule has 102 valence electrons. The Bertz CT molecular complexity index is 802. The molecule has 0 unspecified atom stereocenters. The Morgan fingerprint density at radius 3 is 2.68 bits per heavy atom. The van der Waals surface area contributed by atoms with Crippen LogP contribution in [0.5, 0.6) is 0 Å². The number of carbonyl (C=O) groups is 1. The second-order valence-electron chi connectivity index (χ2n) is 3.95. The number of sulfonamides is 1. The van der Waals surface area contributed by atoms with E-state index in [0.717, 1.165) is 4.57 Å². The summed E-state index contributed by atoms with van der Waals surface area (Å²) in [6, 6.07) is 4.36. The molecule has 2 rings (SSSR count). The minimum absolute atomic E-state index is 0.0519. The first-order chi connectivity index (χ1) is 8.79. The van der Waals surface area contributed by atoms with Crippen molar-refractivity contribution in [2.45, 2.75) is 6.54 Å². The predicted octanol–water partition coefficient (Wildman–Crippen LogP) is -0.684. The average molecular weight is 285 g/mol. The van der Waals surface area contributed by atoms with Gasteiger partial charge in [0.15, 0.2) is 0 Å². The van der Waals surface area contributed by atoms with E-state index in [9.17, 15) is 18.0 Å². The Hall–Kier alpha value is -2.13. The van der Waals surface area contributed by atoms with Gasteiger partial charge >= 0.3 is 11.7 Å². The Kier molecular flexibility index (Phi) is 3.16. The molecule has 0 saturated carbocycles. The number of imidazole rings is 1. The molecular weight excluding hydrogens is 274 g/mol. The van der Waals surface area contributed by atoms with E-state index < -0.39 is 27.4 Å². The molecule has 0 fully saturated rings. The number of nitrogens with zero attached hydrogens (tertiary/aromatic N) is 1. The number of benzene rings is 1. The van der Waals surface area contributed by atoms with Crippen molar-refractivity contribution in [3.05, 3.63) is 34.2 Å². The lowest BCUT2D eigenvalue weighted by atomic mass is 10.2. The maximum atomic E-state index is 11.7. The number of nitrogens with two attached hydrogens (primary N) is 1. The lowest BCUT2D eigenvalue weighted by molar-refractivity contribution is 0.0699. The van der Waals surface area contributed by atoms with E-state index in [4.69, 9.17) is 10.2 Å². The number of aromatic nitrogens is 2. The van der Waals surface area contributed by atoms with Gasteiger partial charge in [-0.05, 0) is 12.1 Å². The number of aromatic amines is 1. The fourth-order valence-electron chi connectivity index (χ4n) is 1.80. The van der Waals surface area contributed by atoms with Crippen molar-refractivity contribution in [1.82, 2.24) is 9.55 Å². The van der Waals surface area contributed by atoms with Crippen molar-refractivity contribution in [2.24, 2.45) is 5.14 Å². The number of carboxylic acid groups (broad SMARTS) is 1. The minimum Gasteiger partial charge on any atom is -0.478 e. The highest BCUT2D eigenvalue weighted by atomic mass is 32.2. The van der Waals surface area contributed by atoms with Crippen LogP contribution in [-0.4, -0.2) is 34.8 Å². The van der Waals surface area contributed by atoms with Crippen LogP contribution in [-0.2, 0) is 16.6 Å². The molecule has 0 aliphatic heterocycles. The number of rotatable bonds is 4. The Morgan fingerprint density at radius 1 is 1.42 bits per heavy atom. The van der Waals surface area contributed by atoms with E-state index in [2.05, 4.69) is 4.98 Å². The molecule has 8 nitrogen and oxygen atoms in total. The number of aryl methyl sites for hydroxylation is 1. The van der Waals surface area contributed by atoms with Crippen molar-refractivity contribution in [3.63, 3.8) is 0 Å². The van der Waals surface area contributed by atoms with Crippen molar-refractivity contribution < 1.29 is 18.3 Å². The molecule has 19 heavy (non-hydrogen) atoms. The number of aromatic carboxylic acids is 1. The van der Waals surface area contributed by atoms with Gasteiger partial charge in [-0.1, -0.05) is 6.07 Å². The number of H-pyrrole nitrogens is 1. The summed E-state index contributed by atoms with van der Waals surface area (Å²) < 4.78 is 23.0. The zero-order valence-corrected chi connectivity index (χ0v) is 10.5. The van der Waals surface area contributed by atoms with Crippen LogP contribution in [0, 0.1) is 0 Å². The first-order valence-electron chi connectivity index (χ1n) is 5.25. The molecule has 4 N–H and O–H groups in total.